The summed E-state index contributed by atoms with van der Waals surface area (Å²) in [4.78, 5) is 1.14. The van der Waals surface area contributed by atoms with Gasteiger partial charge in [-0.05, 0) is 30.2 Å². The van der Waals surface area contributed by atoms with Crippen LogP contribution in [-0.2, 0) is 16.3 Å². The third-order valence-corrected chi connectivity index (χ3v) is 8.70. The van der Waals surface area contributed by atoms with E-state index in [1.807, 2.05) is 24.3 Å². The Morgan fingerprint density at radius 3 is 2.41 bits per heavy atom. The highest BCUT2D eigenvalue weighted by Gasteiger charge is 2.17. The minimum Gasteiger partial charge on any atom is -0.341 e. The van der Waals surface area contributed by atoms with E-state index in [9.17, 15) is 0 Å². The Kier molecular flexibility index (Phi) is 6.54. The van der Waals surface area contributed by atoms with Crippen molar-refractivity contribution in [3.05, 3.63) is 29.3 Å². The van der Waals surface area contributed by atoms with E-state index in [1.54, 1.807) is 11.4 Å². The highest BCUT2D eigenvalue weighted by atomic mass is 35.5. The van der Waals surface area contributed by atoms with Crippen LogP contribution in [-0.4, -0.2) is 12.8 Å². The Balaban J connectivity index is 2.68. The van der Waals surface area contributed by atoms with Crippen molar-refractivity contribution in [2.45, 2.75) is 25.7 Å². The zero-order valence-corrected chi connectivity index (χ0v) is 13.6. The lowest BCUT2D eigenvalue weighted by Crippen LogP contribution is -1.99. The van der Waals surface area contributed by atoms with Gasteiger partial charge >= 0.3 is 0 Å². The third kappa shape index (κ3) is 5.76. The molecule has 0 aliphatic heterocycles. The van der Waals surface area contributed by atoms with Crippen LogP contribution in [0.5, 0.6) is 0 Å². The van der Waals surface area contributed by atoms with Crippen molar-refractivity contribution in [1.82, 2.24) is 0 Å². The highest BCUT2D eigenvalue weighted by molar-refractivity contribution is 8.69. The molecule has 0 saturated heterocycles. The van der Waals surface area contributed by atoms with Crippen molar-refractivity contribution in [1.29, 1.82) is 0 Å². The summed E-state index contributed by atoms with van der Waals surface area (Å²) in [6.45, 7) is 7.13. The number of benzene rings is 1. The van der Waals surface area contributed by atoms with Gasteiger partial charge in [-0.1, -0.05) is 55.6 Å². The molecule has 0 fully saturated rings. The largest absolute Gasteiger partial charge is 0.341 e. The Morgan fingerprint density at radius 2 is 1.94 bits per heavy atom. The second kappa shape index (κ2) is 7.16. The zero-order valence-electron chi connectivity index (χ0n) is 10.4. The zero-order chi connectivity index (χ0) is 12.9. The van der Waals surface area contributed by atoms with Gasteiger partial charge in [-0.25, -0.2) is 0 Å². The molecule has 0 saturated carbocycles. The number of rotatable bonds is 6. The molecule has 96 valence electrons. The van der Waals surface area contributed by atoms with Gasteiger partial charge in [0.25, 0.3) is 0 Å². The molecule has 1 unspecified atom stereocenters. The predicted molar refractivity (Wildman–Crippen MR) is 82.9 cm³/mol. The van der Waals surface area contributed by atoms with Crippen LogP contribution >= 0.6 is 28.4 Å². The highest BCUT2D eigenvalue weighted by Crippen LogP contribution is 2.62. The summed E-state index contributed by atoms with van der Waals surface area (Å²) in [5, 5.41) is 0.752. The quantitative estimate of drug-likeness (QED) is 0.648. The molecule has 0 heterocycles. The molecule has 1 atom stereocenters. The minimum absolute atomic E-state index is 0.523. The molecule has 0 aromatic heterocycles. The van der Waals surface area contributed by atoms with Gasteiger partial charge in [0.1, 0.15) is 5.47 Å². The van der Waals surface area contributed by atoms with Crippen LogP contribution in [0.25, 0.3) is 0 Å². The first-order valence-corrected chi connectivity index (χ1v) is 10.3. The Bertz CT molecular complexity index is 392. The van der Waals surface area contributed by atoms with E-state index in [1.165, 1.54) is 0 Å². The van der Waals surface area contributed by atoms with E-state index >= 15 is 0 Å². The fourth-order valence-electron chi connectivity index (χ4n) is 1.10. The van der Waals surface area contributed by atoms with E-state index in [2.05, 4.69) is 20.8 Å². The standard InChI is InChI=1S/C12H18ClOPS2/c1-4-15(16,14-9-10(2)3)17-12-7-5-11(13)6-8-12/h5-8,10H,4,9H2,1-3H3. The average molecular weight is 309 g/mol. The maximum absolute atomic E-state index is 5.93. The van der Waals surface area contributed by atoms with Crippen LogP contribution < -0.4 is 0 Å². The summed E-state index contributed by atoms with van der Waals surface area (Å²) in [6.07, 6.45) is 0.905. The molecule has 5 heteroatoms. The molecule has 0 amide bonds. The molecular formula is C12H18ClOPS2. The molecule has 17 heavy (non-hydrogen) atoms. The van der Waals surface area contributed by atoms with E-state index in [0.717, 1.165) is 22.7 Å². The molecule has 0 spiro atoms. The molecule has 1 nitrogen and oxygen atoms in total. The Morgan fingerprint density at radius 1 is 1.35 bits per heavy atom. The number of halogens is 1. The Labute approximate surface area is 118 Å². The van der Waals surface area contributed by atoms with Crippen LogP contribution in [0.2, 0.25) is 5.02 Å². The van der Waals surface area contributed by atoms with Gasteiger partial charge in [0.05, 0.1) is 6.61 Å². The van der Waals surface area contributed by atoms with Crippen molar-refractivity contribution in [3.8, 4) is 0 Å². The lowest BCUT2D eigenvalue weighted by Gasteiger charge is -2.21. The average Bonchev–Trinajstić information content (AvgIpc) is 2.30. The molecule has 1 aromatic rings. The summed E-state index contributed by atoms with van der Waals surface area (Å²) in [7, 11) is 0. The maximum Gasteiger partial charge on any atom is 0.123 e. The predicted octanol–water partition coefficient (Wildman–Crippen LogP) is 5.43. The van der Waals surface area contributed by atoms with Gasteiger partial charge in [0.15, 0.2) is 0 Å². The van der Waals surface area contributed by atoms with Gasteiger partial charge in [0.2, 0.25) is 0 Å². The lowest BCUT2D eigenvalue weighted by molar-refractivity contribution is 0.303. The molecule has 0 aliphatic rings. The van der Waals surface area contributed by atoms with E-state index in [0.29, 0.717) is 5.92 Å². The second-order valence-electron chi connectivity index (χ2n) is 4.16. The minimum atomic E-state index is -1.78. The van der Waals surface area contributed by atoms with E-state index in [4.69, 9.17) is 27.9 Å². The van der Waals surface area contributed by atoms with Gasteiger partial charge < -0.3 is 4.52 Å². The summed E-state index contributed by atoms with van der Waals surface area (Å²) in [5.41, 5.74) is -1.78. The van der Waals surface area contributed by atoms with Gasteiger partial charge in [-0.15, -0.1) is 0 Å². The van der Waals surface area contributed by atoms with Crippen LogP contribution in [0, 0.1) is 5.92 Å². The first-order valence-electron chi connectivity index (χ1n) is 5.64. The first-order chi connectivity index (χ1) is 7.95. The third-order valence-electron chi connectivity index (χ3n) is 2.05. The van der Waals surface area contributed by atoms with Gasteiger partial charge in [0, 0.05) is 16.1 Å². The van der Waals surface area contributed by atoms with Crippen molar-refractivity contribution < 1.29 is 4.52 Å². The molecular weight excluding hydrogens is 291 g/mol. The molecule has 0 N–H and O–H groups in total. The van der Waals surface area contributed by atoms with E-state index < -0.39 is 5.47 Å². The first kappa shape index (κ1) is 15.5. The van der Waals surface area contributed by atoms with Crippen LogP contribution in [0.4, 0.5) is 0 Å². The molecule has 0 bridgehead atoms. The van der Waals surface area contributed by atoms with Crippen molar-refractivity contribution in [2.75, 3.05) is 12.8 Å². The molecule has 1 rings (SSSR count). The number of hydrogen-bond acceptors (Lipinski definition) is 3. The fraction of sp³-hybridized carbons (Fsp3) is 0.500. The molecule has 0 radical (unpaired) electrons. The van der Waals surface area contributed by atoms with Crippen LogP contribution in [0.1, 0.15) is 20.8 Å². The molecule has 1 aromatic carbocycles. The smallest absolute Gasteiger partial charge is 0.123 e. The summed E-state index contributed by atoms with van der Waals surface area (Å²) in [6, 6.07) is 7.79. The van der Waals surface area contributed by atoms with Crippen LogP contribution in [0.3, 0.4) is 0 Å². The van der Waals surface area contributed by atoms with Crippen molar-refractivity contribution in [2.24, 2.45) is 5.92 Å². The summed E-state index contributed by atoms with van der Waals surface area (Å²) < 4.78 is 5.93. The maximum atomic E-state index is 5.93. The SMILES string of the molecule is CCP(=S)(OCC(C)C)Sc1ccc(Cl)cc1. The van der Waals surface area contributed by atoms with Crippen molar-refractivity contribution >= 4 is 40.3 Å². The van der Waals surface area contributed by atoms with E-state index in [-0.39, 0.29) is 0 Å². The van der Waals surface area contributed by atoms with Gasteiger partial charge in [-0.2, -0.15) is 0 Å². The lowest BCUT2D eigenvalue weighted by atomic mass is 10.2. The molecule has 0 aliphatic carbocycles. The fourth-order valence-corrected chi connectivity index (χ4v) is 5.71. The van der Waals surface area contributed by atoms with Crippen LogP contribution in [0.15, 0.2) is 29.2 Å². The second-order valence-corrected chi connectivity index (χ2v) is 12.1. The summed E-state index contributed by atoms with van der Waals surface area (Å²) in [5.74, 6) is 0.523. The van der Waals surface area contributed by atoms with Gasteiger partial charge in [-0.3, -0.25) is 0 Å². The topological polar surface area (TPSA) is 9.23 Å². The Hall–Kier alpha value is 0.470. The number of hydrogen-bond donors (Lipinski definition) is 0. The monoisotopic (exact) mass is 308 g/mol. The van der Waals surface area contributed by atoms with Crippen molar-refractivity contribution in [3.63, 3.8) is 0 Å². The summed E-state index contributed by atoms with van der Waals surface area (Å²) >= 11 is 13.2. The normalized spacial score (nSPS) is 14.9.